The molecule has 0 aliphatic carbocycles. The molecule has 100 valence electrons. The Morgan fingerprint density at radius 1 is 1.32 bits per heavy atom. The number of imidazole rings is 1. The zero-order valence-corrected chi connectivity index (χ0v) is 11.1. The Morgan fingerprint density at radius 3 is 3.00 bits per heavy atom. The van der Waals surface area contributed by atoms with E-state index in [4.69, 9.17) is 4.74 Å². The van der Waals surface area contributed by atoms with Gasteiger partial charge in [-0.1, -0.05) is 0 Å². The van der Waals surface area contributed by atoms with Gasteiger partial charge in [0.05, 0.1) is 31.3 Å². The third-order valence-corrected chi connectivity index (χ3v) is 3.42. The zero-order chi connectivity index (χ0) is 13.1. The quantitative estimate of drug-likeness (QED) is 0.833. The number of hydrogen-bond donors (Lipinski definition) is 0. The van der Waals surface area contributed by atoms with Gasteiger partial charge in [-0.05, 0) is 24.7 Å². The van der Waals surface area contributed by atoms with Crippen LogP contribution in [0.25, 0.3) is 0 Å². The molecule has 1 aliphatic heterocycles. The molecule has 3 rings (SSSR count). The molecule has 2 aromatic rings. The summed E-state index contributed by atoms with van der Waals surface area (Å²) < 4.78 is 8.06. The number of fused-ring (bicyclic) bond motifs is 1. The molecule has 0 saturated carbocycles. The second-order valence-electron chi connectivity index (χ2n) is 5.01. The van der Waals surface area contributed by atoms with Crippen molar-refractivity contribution in [2.75, 3.05) is 20.2 Å². The Labute approximate surface area is 112 Å². The van der Waals surface area contributed by atoms with Gasteiger partial charge in [0.15, 0.2) is 0 Å². The Morgan fingerprint density at radius 2 is 2.16 bits per heavy atom. The van der Waals surface area contributed by atoms with Crippen LogP contribution in [0.2, 0.25) is 0 Å². The van der Waals surface area contributed by atoms with Gasteiger partial charge in [-0.3, -0.25) is 9.88 Å². The van der Waals surface area contributed by atoms with Gasteiger partial charge < -0.3 is 9.30 Å². The van der Waals surface area contributed by atoms with Crippen LogP contribution >= 0.6 is 0 Å². The van der Waals surface area contributed by atoms with Crippen LogP contribution in [0.1, 0.15) is 17.3 Å². The Bertz CT molecular complexity index is 525. The predicted octanol–water partition coefficient (Wildman–Crippen LogP) is 1.48. The van der Waals surface area contributed by atoms with Gasteiger partial charge in [0.1, 0.15) is 0 Å². The molecule has 1 aliphatic rings. The molecule has 0 amide bonds. The van der Waals surface area contributed by atoms with Gasteiger partial charge in [-0.15, -0.1) is 0 Å². The molecule has 1 unspecified atom stereocenters. The molecule has 0 N–H and O–H groups in total. The standard InChI is InChI=1S/C14H18N4O/c1-17-7-13-6-16-11-18(13)14(8-17)10-19-9-12-2-4-15-5-3-12/h2-6,11,14H,7-10H2,1H3. The smallest absolute Gasteiger partial charge is 0.0952 e. The van der Waals surface area contributed by atoms with E-state index in [1.807, 2.05) is 24.7 Å². The molecular weight excluding hydrogens is 240 g/mol. The summed E-state index contributed by atoms with van der Waals surface area (Å²) in [5, 5.41) is 0. The predicted molar refractivity (Wildman–Crippen MR) is 71.5 cm³/mol. The van der Waals surface area contributed by atoms with Crippen molar-refractivity contribution in [1.29, 1.82) is 0 Å². The average molecular weight is 258 g/mol. The number of aromatic nitrogens is 3. The van der Waals surface area contributed by atoms with Gasteiger partial charge in [-0.25, -0.2) is 4.98 Å². The molecule has 19 heavy (non-hydrogen) atoms. The van der Waals surface area contributed by atoms with E-state index in [9.17, 15) is 0 Å². The summed E-state index contributed by atoms with van der Waals surface area (Å²) in [4.78, 5) is 10.5. The van der Waals surface area contributed by atoms with Crippen LogP contribution < -0.4 is 0 Å². The minimum absolute atomic E-state index is 0.345. The van der Waals surface area contributed by atoms with Crippen molar-refractivity contribution < 1.29 is 4.74 Å². The summed E-state index contributed by atoms with van der Waals surface area (Å²) in [5.41, 5.74) is 2.41. The molecule has 1 atom stereocenters. The number of pyridine rings is 1. The maximum atomic E-state index is 5.83. The summed E-state index contributed by atoms with van der Waals surface area (Å²) in [6, 6.07) is 4.31. The normalized spacial score (nSPS) is 19.3. The van der Waals surface area contributed by atoms with E-state index in [1.165, 1.54) is 5.69 Å². The molecule has 2 aromatic heterocycles. The molecule has 0 radical (unpaired) electrons. The van der Waals surface area contributed by atoms with E-state index in [0.717, 1.165) is 18.7 Å². The summed E-state index contributed by atoms with van der Waals surface area (Å²) in [7, 11) is 2.13. The zero-order valence-electron chi connectivity index (χ0n) is 11.1. The monoisotopic (exact) mass is 258 g/mol. The van der Waals surface area contributed by atoms with Gasteiger partial charge in [0.25, 0.3) is 0 Å². The first kappa shape index (κ1) is 12.3. The van der Waals surface area contributed by atoms with Crippen LogP contribution in [0.4, 0.5) is 0 Å². The maximum Gasteiger partial charge on any atom is 0.0952 e. The summed E-state index contributed by atoms with van der Waals surface area (Å²) >= 11 is 0. The number of nitrogens with zero attached hydrogens (tertiary/aromatic N) is 4. The van der Waals surface area contributed by atoms with Crippen molar-refractivity contribution in [2.24, 2.45) is 0 Å². The highest BCUT2D eigenvalue weighted by Gasteiger charge is 2.22. The molecular formula is C14H18N4O. The van der Waals surface area contributed by atoms with Gasteiger partial charge >= 0.3 is 0 Å². The van der Waals surface area contributed by atoms with Gasteiger partial charge in [-0.2, -0.15) is 0 Å². The van der Waals surface area contributed by atoms with Gasteiger partial charge in [0.2, 0.25) is 0 Å². The van der Waals surface area contributed by atoms with E-state index in [2.05, 4.69) is 26.5 Å². The van der Waals surface area contributed by atoms with Crippen molar-refractivity contribution in [3.63, 3.8) is 0 Å². The lowest BCUT2D eigenvalue weighted by molar-refractivity contribution is 0.0667. The molecule has 5 nitrogen and oxygen atoms in total. The molecule has 0 aromatic carbocycles. The van der Waals surface area contributed by atoms with Crippen LogP contribution in [0.15, 0.2) is 37.1 Å². The van der Waals surface area contributed by atoms with E-state index in [0.29, 0.717) is 19.3 Å². The Hall–Kier alpha value is -1.72. The SMILES string of the molecule is CN1Cc2cncn2C(COCc2ccncc2)C1. The third-order valence-electron chi connectivity index (χ3n) is 3.42. The van der Waals surface area contributed by atoms with Crippen LogP contribution in [0.5, 0.6) is 0 Å². The van der Waals surface area contributed by atoms with Crippen molar-refractivity contribution in [3.05, 3.63) is 48.3 Å². The van der Waals surface area contributed by atoms with E-state index < -0.39 is 0 Å². The van der Waals surface area contributed by atoms with Crippen molar-refractivity contribution in [2.45, 2.75) is 19.2 Å². The topological polar surface area (TPSA) is 43.2 Å². The lowest BCUT2D eigenvalue weighted by Crippen LogP contribution is -2.36. The highest BCUT2D eigenvalue weighted by Crippen LogP contribution is 2.20. The van der Waals surface area contributed by atoms with E-state index in [-0.39, 0.29) is 0 Å². The van der Waals surface area contributed by atoms with Crippen molar-refractivity contribution >= 4 is 0 Å². The second kappa shape index (κ2) is 5.50. The summed E-state index contributed by atoms with van der Waals surface area (Å²) in [5.74, 6) is 0. The summed E-state index contributed by atoms with van der Waals surface area (Å²) in [6.07, 6.45) is 7.43. The fourth-order valence-corrected chi connectivity index (χ4v) is 2.50. The van der Waals surface area contributed by atoms with E-state index >= 15 is 0 Å². The highest BCUT2D eigenvalue weighted by atomic mass is 16.5. The molecule has 0 spiro atoms. The fraction of sp³-hybridized carbons (Fsp3) is 0.429. The summed E-state index contributed by atoms with van der Waals surface area (Å²) in [6.45, 7) is 3.29. The first-order valence-electron chi connectivity index (χ1n) is 6.49. The fourth-order valence-electron chi connectivity index (χ4n) is 2.50. The second-order valence-corrected chi connectivity index (χ2v) is 5.01. The number of ether oxygens (including phenoxy) is 1. The minimum atomic E-state index is 0.345. The van der Waals surface area contributed by atoms with Crippen LogP contribution in [0, 0.1) is 0 Å². The average Bonchev–Trinajstić information content (AvgIpc) is 2.88. The number of rotatable bonds is 4. The Kier molecular flexibility index (Phi) is 3.57. The molecule has 0 saturated heterocycles. The lowest BCUT2D eigenvalue weighted by atomic mass is 10.2. The van der Waals surface area contributed by atoms with Crippen LogP contribution in [-0.2, 0) is 17.9 Å². The van der Waals surface area contributed by atoms with E-state index in [1.54, 1.807) is 12.4 Å². The first-order chi connectivity index (χ1) is 9.33. The van der Waals surface area contributed by atoms with Crippen LogP contribution in [0.3, 0.4) is 0 Å². The van der Waals surface area contributed by atoms with Gasteiger partial charge in [0, 0.05) is 31.7 Å². The largest absolute Gasteiger partial charge is 0.375 e. The highest BCUT2D eigenvalue weighted by molar-refractivity contribution is 5.08. The lowest BCUT2D eigenvalue weighted by Gasteiger charge is -2.31. The molecule has 0 fully saturated rings. The molecule has 0 bridgehead atoms. The van der Waals surface area contributed by atoms with Crippen molar-refractivity contribution in [1.82, 2.24) is 19.4 Å². The minimum Gasteiger partial charge on any atom is -0.375 e. The number of likely N-dealkylation sites (N-methyl/N-ethyl adjacent to an activating group) is 1. The third kappa shape index (κ3) is 2.83. The number of hydrogen-bond acceptors (Lipinski definition) is 4. The molecule has 5 heteroatoms. The van der Waals surface area contributed by atoms with Crippen molar-refractivity contribution in [3.8, 4) is 0 Å². The Balaban J connectivity index is 1.59. The maximum absolute atomic E-state index is 5.83. The molecule has 3 heterocycles. The first-order valence-corrected chi connectivity index (χ1v) is 6.49. The van der Waals surface area contributed by atoms with Crippen LogP contribution in [-0.4, -0.2) is 39.6 Å².